The topological polar surface area (TPSA) is 154 Å². The largest absolute Gasteiger partial charge is 0.471 e. The van der Waals surface area contributed by atoms with Crippen molar-refractivity contribution in [2.75, 3.05) is 31.7 Å². The van der Waals surface area contributed by atoms with Gasteiger partial charge in [-0.05, 0) is 41.9 Å². The van der Waals surface area contributed by atoms with Crippen LogP contribution < -0.4 is 15.4 Å². The van der Waals surface area contributed by atoms with Gasteiger partial charge in [0.05, 0.1) is 18.8 Å². The fraction of sp³-hybridized carbons (Fsp3) is 0.667. The number of aromatic nitrogens is 1. The highest BCUT2D eigenvalue weighted by molar-refractivity contribution is 6.01. The summed E-state index contributed by atoms with van der Waals surface area (Å²) in [6.45, 7) is 3.51. The summed E-state index contributed by atoms with van der Waals surface area (Å²) in [5.74, 6) is -3.87. The predicted molar refractivity (Wildman–Crippen MR) is 149 cm³/mol. The van der Waals surface area contributed by atoms with Gasteiger partial charge in [0.1, 0.15) is 43.4 Å². The first-order valence-corrected chi connectivity index (χ1v) is 15.1. The summed E-state index contributed by atoms with van der Waals surface area (Å²) in [6.07, 6.45) is -0.557. The van der Waals surface area contributed by atoms with Gasteiger partial charge in [0.15, 0.2) is 11.6 Å². The summed E-state index contributed by atoms with van der Waals surface area (Å²) < 4.78 is 52.6. The zero-order chi connectivity index (χ0) is 32.4. The van der Waals surface area contributed by atoms with Gasteiger partial charge in [-0.15, -0.1) is 0 Å². The van der Waals surface area contributed by atoms with Crippen molar-refractivity contribution in [3.05, 3.63) is 18.1 Å². The molecule has 2 saturated carbocycles. The van der Waals surface area contributed by atoms with Crippen molar-refractivity contribution < 1.29 is 41.8 Å². The lowest BCUT2D eigenvalue weighted by Crippen LogP contribution is -2.60. The Morgan fingerprint density at radius 1 is 1.29 bits per heavy atom. The van der Waals surface area contributed by atoms with Crippen molar-refractivity contribution in [3.63, 3.8) is 0 Å². The zero-order valence-corrected chi connectivity index (χ0v) is 25.1. The monoisotopic (exact) mass is 632 g/mol. The van der Waals surface area contributed by atoms with E-state index in [1.807, 2.05) is 0 Å². The fourth-order valence-electron chi connectivity index (χ4n) is 8.05. The quantitative estimate of drug-likeness (QED) is 0.502. The third-order valence-electron chi connectivity index (χ3n) is 10.0. The average molecular weight is 633 g/mol. The molecular weight excluding hydrogens is 597 g/mol. The number of alkyl carbamates (subject to hydrolysis) is 1. The van der Waals surface area contributed by atoms with Crippen LogP contribution in [-0.4, -0.2) is 94.9 Å². The van der Waals surface area contributed by atoms with E-state index in [-0.39, 0.29) is 42.9 Å². The number of alkyl halides is 2. The van der Waals surface area contributed by atoms with Crippen LogP contribution in [0.1, 0.15) is 40.0 Å². The van der Waals surface area contributed by atoms with E-state index in [4.69, 9.17) is 9.47 Å². The van der Waals surface area contributed by atoms with E-state index in [0.29, 0.717) is 12.8 Å². The first kappa shape index (κ1) is 30.9. The van der Waals surface area contributed by atoms with Crippen LogP contribution in [-0.2, 0) is 19.1 Å². The lowest BCUT2D eigenvalue weighted by atomic mass is 9.77. The summed E-state index contributed by atoms with van der Waals surface area (Å²) in [6, 6.07) is -0.390. The Bertz CT molecular complexity index is 1470. The van der Waals surface area contributed by atoms with E-state index in [1.54, 1.807) is 20.8 Å². The number of nitrogens with one attached hydrogen (secondary N) is 2. The maximum Gasteiger partial charge on any atom is 0.407 e. The summed E-state index contributed by atoms with van der Waals surface area (Å²) in [7, 11) is 0. The minimum absolute atomic E-state index is 0.00227. The van der Waals surface area contributed by atoms with Gasteiger partial charge in [0, 0.05) is 19.0 Å². The number of nitriles is 1. The fourth-order valence-corrected chi connectivity index (χ4v) is 8.05. The highest BCUT2D eigenvalue weighted by Crippen LogP contribution is 2.59. The second-order valence-corrected chi connectivity index (χ2v) is 13.7. The van der Waals surface area contributed by atoms with E-state index < -0.39 is 90.1 Å². The number of hydrogen-bond donors (Lipinski definition) is 2. The molecule has 15 heteroatoms. The second kappa shape index (κ2) is 11.1. The summed E-state index contributed by atoms with van der Waals surface area (Å²) >= 11 is 0. The highest BCUT2D eigenvalue weighted by atomic mass is 19.1. The van der Waals surface area contributed by atoms with E-state index in [1.165, 1.54) is 9.80 Å². The van der Waals surface area contributed by atoms with Crippen LogP contribution in [0.15, 0.2) is 12.3 Å². The molecule has 0 unspecified atom stereocenters. The molecule has 3 aliphatic heterocycles. The van der Waals surface area contributed by atoms with Gasteiger partial charge in [-0.3, -0.25) is 14.4 Å². The molecule has 2 bridgehead atoms. The van der Waals surface area contributed by atoms with Crippen molar-refractivity contribution in [3.8, 4) is 11.8 Å². The number of ether oxygens (including phenoxy) is 2. The average Bonchev–Trinajstić information content (AvgIpc) is 3.74. The molecule has 1 spiro atoms. The van der Waals surface area contributed by atoms with Crippen molar-refractivity contribution in [2.24, 2.45) is 29.1 Å². The number of anilines is 1. The van der Waals surface area contributed by atoms with E-state index >= 15 is 4.39 Å². The number of hydrogen-bond acceptors (Lipinski definition) is 8. The van der Waals surface area contributed by atoms with Crippen LogP contribution in [0.5, 0.6) is 5.75 Å². The van der Waals surface area contributed by atoms with Crippen LogP contribution >= 0.6 is 0 Å². The van der Waals surface area contributed by atoms with Crippen molar-refractivity contribution >= 4 is 29.6 Å². The summed E-state index contributed by atoms with van der Waals surface area (Å²) in [5.41, 5.74) is -2.59. The van der Waals surface area contributed by atoms with Crippen LogP contribution in [0.4, 0.5) is 23.8 Å². The molecule has 5 aliphatic rings. The summed E-state index contributed by atoms with van der Waals surface area (Å²) in [5, 5.41) is 15.2. The van der Waals surface area contributed by atoms with E-state index in [0.717, 1.165) is 12.3 Å². The minimum atomic E-state index is -1.72. The predicted octanol–water partition coefficient (Wildman–Crippen LogP) is 2.35. The molecule has 4 amide bonds. The van der Waals surface area contributed by atoms with Gasteiger partial charge in [-0.25, -0.2) is 22.9 Å². The molecule has 2 aliphatic carbocycles. The molecule has 12 nitrogen and oxygen atoms in total. The molecule has 6 rings (SSSR count). The Labute approximate surface area is 257 Å². The Balaban J connectivity index is 1.33. The van der Waals surface area contributed by atoms with Crippen LogP contribution in [0.3, 0.4) is 0 Å². The normalized spacial score (nSPS) is 33.6. The number of carbonyl (C=O) groups excluding carboxylic acids is 4. The first-order chi connectivity index (χ1) is 21.3. The van der Waals surface area contributed by atoms with E-state index in [9.17, 15) is 33.2 Å². The Morgan fingerprint density at radius 2 is 2.04 bits per heavy atom. The van der Waals surface area contributed by atoms with E-state index in [2.05, 4.69) is 21.7 Å². The molecular formula is C30H35F3N6O6. The number of carbonyl (C=O) groups is 4. The maximum absolute atomic E-state index is 15.2. The molecule has 242 valence electrons. The molecule has 1 aromatic heterocycles. The Hall–Kier alpha value is -4.09. The lowest BCUT2D eigenvalue weighted by Gasteiger charge is -2.38. The maximum atomic E-state index is 15.2. The van der Waals surface area contributed by atoms with Gasteiger partial charge in [0.25, 0.3) is 5.91 Å². The molecule has 4 fully saturated rings. The number of likely N-dealkylation sites (tertiary alicyclic amines) is 2. The number of rotatable bonds is 5. The number of fused-ring (bicyclic) bond motifs is 6. The number of amides is 4. The SMILES string of the molecule is CC(C)(C)[C@H](NC(=O)OCCF)C(=O)N1C[C@@H]2[C@H]3C[C@@H]([C@@H]2[C@H]1C(=O)N1C[C@@]2(C[C@H]1C#N)Oc1cc(F)cnc1NC2=O)[C@H](F)C3. The number of nitrogens with zero attached hydrogens (tertiary/aromatic N) is 4. The van der Waals surface area contributed by atoms with Gasteiger partial charge >= 0.3 is 6.09 Å². The molecule has 45 heavy (non-hydrogen) atoms. The molecule has 1 aromatic rings. The molecule has 2 saturated heterocycles. The van der Waals surface area contributed by atoms with Crippen molar-refractivity contribution in [2.45, 2.75) is 69.9 Å². The van der Waals surface area contributed by atoms with Crippen LogP contribution in [0, 0.1) is 46.2 Å². The van der Waals surface area contributed by atoms with Crippen LogP contribution in [0.25, 0.3) is 0 Å². The lowest BCUT2D eigenvalue weighted by molar-refractivity contribution is -0.149. The third kappa shape index (κ3) is 5.11. The molecule has 0 aromatic carbocycles. The third-order valence-corrected chi connectivity index (χ3v) is 10.0. The number of halogens is 3. The van der Waals surface area contributed by atoms with Crippen LogP contribution in [0.2, 0.25) is 0 Å². The Kier molecular flexibility index (Phi) is 7.60. The van der Waals surface area contributed by atoms with Gasteiger partial charge in [-0.1, -0.05) is 20.8 Å². The van der Waals surface area contributed by atoms with Crippen molar-refractivity contribution in [1.29, 1.82) is 5.26 Å². The van der Waals surface area contributed by atoms with Gasteiger partial charge < -0.3 is 29.9 Å². The van der Waals surface area contributed by atoms with Crippen molar-refractivity contribution in [1.82, 2.24) is 20.1 Å². The molecule has 0 radical (unpaired) electrons. The standard InChI is InChI=1S/C30H35F3N6O6/c1-29(2,3)23(36-28(43)44-5-4-31)26(41)38-12-18-14-6-17(19(33)7-14)21(18)22(38)25(40)39-13-30(9-16(39)10-34)27(42)37-24-20(45-30)8-15(32)11-35-24/h8,11,14,16-19,21-23H,4-7,9,12-13H2,1-3H3,(H,36,43)(H,35,37,42)/t14-,16-,17+,18+,19+,21-,22-,23+,30+/m0/s1. The van der Waals surface area contributed by atoms with Gasteiger partial charge in [0.2, 0.25) is 17.4 Å². The number of pyridine rings is 1. The minimum Gasteiger partial charge on any atom is -0.471 e. The molecule has 2 N–H and O–H groups in total. The van der Waals surface area contributed by atoms with Gasteiger partial charge in [-0.2, -0.15) is 5.26 Å². The first-order valence-electron chi connectivity index (χ1n) is 15.1. The zero-order valence-electron chi connectivity index (χ0n) is 25.1. The molecule has 9 atom stereocenters. The highest BCUT2D eigenvalue weighted by Gasteiger charge is 2.65. The molecule has 4 heterocycles. The Morgan fingerprint density at radius 3 is 2.73 bits per heavy atom. The summed E-state index contributed by atoms with van der Waals surface area (Å²) in [4.78, 5) is 61.0. The second-order valence-electron chi connectivity index (χ2n) is 13.7. The smallest absolute Gasteiger partial charge is 0.407 e.